The van der Waals surface area contributed by atoms with Crippen LogP contribution in [0.15, 0.2) is 29.4 Å². The second kappa shape index (κ2) is 4.88. The van der Waals surface area contributed by atoms with Crippen molar-refractivity contribution in [2.45, 2.75) is 0 Å². The zero-order chi connectivity index (χ0) is 11.4. The minimum Gasteiger partial charge on any atom is -0.302 e. The molecule has 0 atom stereocenters. The van der Waals surface area contributed by atoms with Gasteiger partial charge in [-0.2, -0.15) is 5.10 Å². The Bertz CT molecular complexity index is 387. The summed E-state index contributed by atoms with van der Waals surface area (Å²) in [6, 6.07) is 6.19. The van der Waals surface area contributed by atoms with E-state index in [2.05, 4.69) is 21.0 Å². The lowest BCUT2D eigenvalue weighted by Gasteiger charge is -2.05. The SMILES string of the molecule is CN(C)/N=C(\Br)c1ccc([N+](=O)[O-])cc1. The van der Waals surface area contributed by atoms with Crippen LogP contribution in [-0.4, -0.2) is 28.6 Å². The van der Waals surface area contributed by atoms with Crippen LogP contribution in [0.25, 0.3) is 0 Å². The lowest BCUT2D eigenvalue weighted by Crippen LogP contribution is -2.05. The van der Waals surface area contributed by atoms with Gasteiger partial charge < -0.3 is 5.01 Å². The molecule has 0 unspecified atom stereocenters. The molecule has 0 radical (unpaired) electrons. The largest absolute Gasteiger partial charge is 0.302 e. The fourth-order valence-electron chi connectivity index (χ4n) is 0.954. The van der Waals surface area contributed by atoms with Crippen LogP contribution in [0, 0.1) is 10.1 Å². The number of nitro groups is 1. The van der Waals surface area contributed by atoms with E-state index in [0.29, 0.717) is 4.62 Å². The van der Waals surface area contributed by atoms with E-state index in [-0.39, 0.29) is 5.69 Å². The Morgan fingerprint density at radius 3 is 2.33 bits per heavy atom. The molecule has 0 saturated heterocycles. The Morgan fingerprint density at radius 1 is 1.40 bits per heavy atom. The first kappa shape index (κ1) is 11.6. The van der Waals surface area contributed by atoms with Gasteiger partial charge in [-0.3, -0.25) is 10.1 Å². The van der Waals surface area contributed by atoms with Crippen LogP contribution in [0.4, 0.5) is 5.69 Å². The Balaban J connectivity index is 2.94. The van der Waals surface area contributed by atoms with E-state index < -0.39 is 4.92 Å². The van der Waals surface area contributed by atoms with E-state index in [0.717, 1.165) is 5.56 Å². The second-order valence-corrected chi connectivity index (χ2v) is 3.79. The van der Waals surface area contributed by atoms with Crippen molar-refractivity contribution in [3.05, 3.63) is 39.9 Å². The smallest absolute Gasteiger partial charge is 0.269 e. The van der Waals surface area contributed by atoms with E-state index in [9.17, 15) is 10.1 Å². The first-order valence-electron chi connectivity index (χ1n) is 4.17. The highest BCUT2D eigenvalue weighted by Gasteiger charge is 2.06. The average molecular weight is 272 g/mol. The molecule has 0 bridgehead atoms. The van der Waals surface area contributed by atoms with Gasteiger partial charge in [0.15, 0.2) is 0 Å². The molecule has 0 aliphatic carbocycles. The fraction of sp³-hybridized carbons (Fsp3) is 0.222. The van der Waals surface area contributed by atoms with Gasteiger partial charge in [0, 0.05) is 31.8 Å². The van der Waals surface area contributed by atoms with Gasteiger partial charge in [-0.1, -0.05) is 0 Å². The molecule has 0 aliphatic heterocycles. The van der Waals surface area contributed by atoms with Gasteiger partial charge in [0.1, 0.15) is 4.62 Å². The average Bonchev–Trinajstić information content (AvgIpc) is 2.17. The van der Waals surface area contributed by atoms with E-state index in [1.165, 1.54) is 12.1 Å². The number of hydrogen-bond donors (Lipinski definition) is 0. The number of nitrogens with zero attached hydrogens (tertiary/aromatic N) is 3. The van der Waals surface area contributed by atoms with Crippen molar-refractivity contribution in [3.63, 3.8) is 0 Å². The highest BCUT2D eigenvalue weighted by Crippen LogP contribution is 2.14. The molecule has 1 rings (SSSR count). The maximum absolute atomic E-state index is 10.4. The summed E-state index contributed by atoms with van der Waals surface area (Å²) in [6.45, 7) is 0. The minimum absolute atomic E-state index is 0.0731. The lowest BCUT2D eigenvalue weighted by molar-refractivity contribution is -0.384. The van der Waals surface area contributed by atoms with Crippen molar-refractivity contribution in [1.29, 1.82) is 0 Å². The Hall–Kier alpha value is -1.43. The van der Waals surface area contributed by atoms with Crippen molar-refractivity contribution >= 4 is 26.2 Å². The molecule has 0 aliphatic rings. The van der Waals surface area contributed by atoms with Gasteiger partial charge in [0.2, 0.25) is 0 Å². The topological polar surface area (TPSA) is 58.7 Å². The van der Waals surface area contributed by atoms with Crippen LogP contribution in [0.5, 0.6) is 0 Å². The predicted octanol–water partition coefficient (Wildman–Crippen LogP) is 2.21. The van der Waals surface area contributed by atoms with Crippen LogP contribution in [-0.2, 0) is 0 Å². The number of rotatable bonds is 3. The molecule has 0 heterocycles. The molecule has 6 heteroatoms. The molecule has 0 spiro atoms. The minimum atomic E-state index is -0.430. The van der Waals surface area contributed by atoms with E-state index >= 15 is 0 Å². The summed E-state index contributed by atoms with van der Waals surface area (Å²) in [5.74, 6) is 0. The predicted molar refractivity (Wildman–Crippen MR) is 62.2 cm³/mol. The molecule has 1 aromatic rings. The van der Waals surface area contributed by atoms with Crippen LogP contribution in [0.3, 0.4) is 0 Å². The monoisotopic (exact) mass is 271 g/mol. The lowest BCUT2D eigenvalue weighted by atomic mass is 10.2. The molecule has 0 aromatic heterocycles. The number of hydrogen-bond acceptors (Lipinski definition) is 4. The third-order valence-corrected chi connectivity index (χ3v) is 2.22. The summed E-state index contributed by atoms with van der Waals surface area (Å²) in [7, 11) is 3.60. The van der Waals surface area contributed by atoms with Gasteiger partial charge in [-0.15, -0.1) is 0 Å². The van der Waals surface area contributed by atoms with Gasteiger partial charge in [-0.25, -0.2) is 0 Å². The molecular formula is C9H10BrN3O2. The standard InChI is InChI=1S/C9H10BrN3O2/c1-12(2)11-9(10)7-3-5-8(6-4-7)13(14)15/h3-6H,1-2H3/b11-9-. The molecule has 0 amide bonds. The van der Waals surface area contributed by atoms with Crippen LogP contribution >= 0.6 is 15.9 Å². The summed E-state index contributed by atoms with van der Waals surface area (Å²) in [4.78, 5) is 9.99. The maximum atomic E-state index is 10.4. The molecule has 15 heavy (non-hydrogen) atoms. The zero-order valence-electron chi connectivity index (χ0n) is 8.35. The number of non-ortho nitro benzene ring substituents is 1. The first-order chi connectivity index (χ1) is 7.00. The van der Waals surface area contributed by atoms with Gasteiger partial charge >= 0.3 is 0 Å². The van der Waals surface area contributed by atoms with Crippen LogP contribution < -0.4 is 0 Å². The van der Waals surface area contributed by atoms with Crippen LogP contribution in [0.2, 0.25) is 0 Å². The first-order valence-corrected chi connectivity index (χ1v) is 4.96. The Morgan fingerprint density at radius 2 is 1.93 bits per heavy atom. The fourth-order valence-corrected chi connectivity index (χ4v) is 1.54. The maximum Gasteiger partial charge on any atom is 0.269 e. The number of benzene rings is 1. The van der Waals surface area contributed by atoms with E-state index in [1.807, 2.05) is 0 Å². The third-order valence-electron chi connectivity index (χ3n) is 1.60. The molecular weight excluding hydrogens is 262 g/mol. The molecule has 0 N–H and O–H groups in total. The number of nitro benzene ring substituents is 1. The van der Waals surface area contributed by atoms with Gasteiger partial charge in [-0.05, 0) is 28.1 Å². The summed E-state index contributed by atoms with van der Waals surface area (Å²) in [5, 5.41) is 16.2. The van der Waals surface area contributed by atoms with Crippen molar-refractivity contribution in [3.8, 4) is 0 Å². The highest BCUT2D eigenvalue weighted by molar-refractivity contribution is 9.18. The molecule has 5 nitrogen and oxygen atoms in total. The molecule has 1 aromatic carbocycles. The number of halogens is 1. The van der Waals surface area contributed by atoms with Crippen molar-refractivity contribution in [1.82, 2.24) is 5.01 Å². The quantitative estimate of drug-likeness (QED) is 0.481. The van der Waals surface area contributed by atoms with Gasteiger partial charge in [0.05, 0.1) is 4.92 Å². The third kappa shape index (κ3) is 3.32. The van der Waals surface area contributed by atoms with Crippen molar-refractivity contribution < 1.29 is 4.92 Å². The Kier molecular flexibility index (Phi) is 3.79. The number of hydrazone groups is 1. The van der Waals surface area contributed by atoms with E-state index in [4.69, 9.17) is 0 Å². The zero-order valence-corrected chi connectivity index (χ0v) is 9.93. The van der Waals surface area contributed by atoms with Crippen molar-refractivity contribution in [2.24, 2.45) is 5.10 Å². The van der Waals surface area contributed by atoms with Crippen LogP contribution in [0.1, 0.15) is 5.56 Å². The van der Waals surface area contributed by atoms with E-state index in [1.54, 1.807) is 31.2 Å². The van der Waals surface area contributed by atoms with Gasteiger partial charge in [0.25, 0.3) is 5.69 Å². The molecule has 0 fully saturated rings. The molecule has 80 valence electrons. The Labute approximate surface area is 95.7 Å². The normalized spacial score (nSPS) is 11.3. The summed E-state index contributed by atoms with van der Waals surface area (Å²) in [6.07, 6.45) is 0. The summed E-state index contributed by atoms with van der Waals surface area (Å²) < 4.78 is 0.641. The summed E-state index contributed by atoms with van der Waals surface area (Å²) in [5.41, 5.74) is 0.873. The second-order valence-electron chi connectivity index (χ2n) is 3.04. The highest BCUT2D eigenvalue weighted by atomic mass is 79.9. The molecule has 0 saturated carbocycles. The summed E-state index contributed by atoms with van der Waals surface area (Å²) >= 11 is 3.29. The van der Waals surface area contributed by atoms with Crippen molar-refractivity contribution in [2.75, 3.05) is 14.1 Å².